The van der Waals surface area contributed by atoms with Crippen LogP contribution in [0.5, 0.6) is 0 Å². The zero-order chi connectivity index (χ0) is 18.5. The highest BCUT2D eigenvalue weighted by Gasteiger charge is 2.14. The van der Waals surface area contributed by atoms with Crippen molar-refractivity contribution in [2.75, 3.05) is 18.8 Å². The van der Waals surface area contributed by atoms with Gasteiger partial charge >= 0.3 is 5.97 Å². The highest BCUT2D eigenvalue weighted by Crippen LogP contribution is 2.19. The molecule has 0 bridgehead atoms. The minimum atomic E-state index is -0.314. The summed E-state index contributed by atoms with van der Waals surface area (Å²) in [6, 6.07) is 7.49. The topological polar surface area (TPSA) is 107 Å². The number of nitrogens with one attached hydrogen (secondary N) is 1. The largest absolute Gasteiger partial charge is 0.465 e. The highest BCUT2D eigenvalue weighted by atomic mass is 32.2. The molecule has 3 N–H and O–H groups in total. The SMILES string of the molecule is COC(=O)c1ccccc1CCCc1cnc2c(NN)nc(SC)nn12. The smallest absolute Gasteiger partial charge is 0.338 e. The molecule has 0 saturated carbocycles. The van der Waals surface area contributed by atoms with E-state index in [1.807, 2.05) is 24.5 Å². The van der Waals surface area contributed by atoms with Crippen LogP contribution >= 0.6 is 11.8 Å². The third kappa shape index (κ3) is 3.63. The average Bonchev–Trinajstić information content (AvgIpc) is 3.10. The van der Waals surface area contributed by atoms with Crippen molar-refractivity contribution in [1.82, 2.24) is 19.6 Å². The quantitative estimate of drug-likeness (QED) is 0.281. The van der Waals surface area contributed by atoms with Crippen molar-refractivity contribution in [1.29, 1.82) is 0 Å². The van der Waals surface area contributed by atoms with Gasteiger partial charge in [-0.05, 0) is 37.1 Å². The fraction of sp³-hybridized carbons (Fsp3) is 0.294. The van der Waals surface area contributed by atoms with Gasteiger partial charge in [0.05, 0.1) is 24.6 Å². The summed E-state index contributed by atoms with van der Waals surface area (Å²) in [4.78, 5) is 20.5. The van der Waals surface area contributed by atoms with Gasteiger partial charge in [0.2, 0.25) is 5.16 Å². The first-order valence-electron chi connectivity index (χ1n) is 8.09. The van der Waals surface area contributed by atoms with E-state index in [0.717, 1.165) is 30.5 Å². The molecule has 0 fully saturated rings. The summed E-state index contributed by atoms with van der Waals surface area (Å²) in [5.41, 5.74) is 5.70. The number of anilines is 1. The summed E-state index contributed by atoms with van der Waals surface area (Å²) in [5.74, 6) is 5.72. The van der Waals surface area contributed by atoms with E-state index < -0.39 is 0 Å². The molecule has 0 aliphatic heterocycles. The number of hydrazine groups is 1. The first-order valence-corrected chi connectivity index (χ1v) is 9.32. The van der Waals surface area contributed by atoms with E-state index in [0.29, 0.717) is 22.2 Å². The van der Waals surface area contributed by atoms with Crippen LogP contribution in [0.1, 0.15) is 28.0 Å². The maximum absolute atomic E-state index is 11.9. The molecule has 9 heteroatoms. The van der Waals surface area contributed by atoms with E-state index in [-0.39, 0.29) is 5.97 Å². The van der Waals surface area contributed by atoms with E-state index in [9.17, 15) is 4.79 Å². The average molecular weight is 372 g/mol. The van der Waals surface area contributed by atoms with Crippen LogP contribution in [-0.4, -0.2) is 38.9 Å². The van der Waals surface area contributed by atoms with E-state index in [1.54, 1.807) is 16.8 Å². The summed E-state index contributed by atoms with van der Waals surface area (Å²) < 4.78 is 6.61. The van der Waals surface area contributed by atoms with Gasteiger partial charge in [-0.3, -0.25) is 0 Å². The number of rotatable bonds is 7. The molecule has 2 aromatic heterocycles. The van der Waals surface area contributed by atoms with Gasteiger partial charge in [0.15, 0.2) is 11.5 Å². The number of methoxy groups -OCH3 is 1. The second-order valence-electron chi connectivity index (χ2n) is 5.58. The van der Waals surface area contributed by atoms with Crippen molar-refractivity contribution in [3.63, 3.8) is 0 Å². The Hall–Kier alpha value is -2.65. The summed E-state index contributed by atoms with van der Waals surface area (Å²) in [6.45, 7) is 0. The Kier molecular flexibility index (Phi) is 5.69. The van der Waals surface area contributed by atoms with E-state index in [2.05, 4.69) is 20.5 Å². The lowest BCUT2D eigenvalue weighted by Crippen LogP contribution is -2.13. The van der Waals surface area contributed by atoms with Crippen LogP contribution in [0.3, 0.4) is 0 Å². The third-order valence-electron chi connectivity index (χ3n) is 4.03. The number of imidazole rings is 1. The van der Waals surface area contributed by atoms with Crippen LogP contribution in [0, 0.1) is 0 Å². The van der Waals surface area contributed by atoms with Crippen molar-refractivity contribution >= 4 is 29.2 Å². The molecule has 136 valence electrons. The minimum absolute atomic E-state index is 0.314. The Balaban J connectivity index is 1.78. The number of benzene rings is 1. The second-order valence-corrected chi connectivity index (χ2v) is 6.35. The number of esters is 1. The molecule has 3 aromatic rings. The molecule has 0 unspecified atom stereocenters. The van der Waals surface area contributed by atoms with Crippen LogP contribution in [0.4, 0.5) is 5.82 Å². The van der Waals surface area contributed by atoms with Gasteiger partial charge in [0.1, 0.15) is 0 Å². The third-order valence-corrected chi connectivity index (χ3v) is 4.57. The normalized spacial score (nSPS) is 10.9. The fourth-order valence-corrected chi connectivity index (χ4v) is 3.11. The lowest BCUT2D eigenvalue weighted by molar-refractivity contribution is 0.0599. The molecule has 0 radical (unpaired) electrons. The zero-order valence-electron chi connectivity index (χ0n) is 14.6. The maximum Gasteiger partial charge on any atom is 0.338 e. The Bertz CT molecular complexity index is 927. The number of fused-ring (bicyclic) bond motifs is 1. The van der Waals surface area contributed by atoms with Crippen molar-refractivity contribution in [3.8, 4) is 0 Å². The van der Waals surface area contributed by atoms with E-state index >= 15 is 0 Å². The van der Waals surface area contributed by atoms with Crippen molar-refractivity contribution < 1.29 is 9.53 Å². The molecule has 0 amide bonds. The summed E-state index contributed by atoms with van der Waals surface area (Å²) in [7, 11) is 1.39. The van der Waals surface area contributed by atoms with Gasteiger partial charge in [-0.25, -0.2) is 20.1 Å². The number of carbonyl (C=O) groups is 1. The number of hydrogen-bond donors (Lipinski definition) is 2. The van der Waals surface area contributed by atoms with Crippen molar-refractivity contribution in [2.45, 2.75) is 24.4 Å². The Morgan fingerprint density at radius 3 is 2.88 bits per heavy atom. The number of thioether (sulfide) groups is 1. The molecule has 0 saturated heterocycles. The van der Waals surface area contributed by atoms with Crippen molar-refractivity contribution in [3.05, 3.63) is 47.3 Å². The highest BCUT2D eigenvalue weighted by molar-refractivity contribution is 7.98. The lowest BCUT2D eigenvalue weighted by Gasteiger charge is -2.08. The predicted molar refractivity (Wildman–Crippen MR) is 100 cm³/mol. The minimum Gasteiger partial charge on any atom is -0.465 e. The Morgan fingerprint density at radius 1 is 1.35 bits per heavy atom. The lowest BCUT2D eigenvalue weighted by atomic mass is 10.0. The maximum atomic E-state index is 11.9. The molecule has 0 aliphatic rings. The monoisotopic (exact) mass is 372 g/mol. The first kappa shape index (κ1) is 18.2. The van der Waals surface area contributed by atoms with Crippen LogP contribution in [0.15, 0.2) is 35.6 Å². The second kappa shape index (κ2) is 8.15. The van der Waals surface area contributed by atoms with Crippen LogP contribution < -0.4 is 11.3 Å². The van der Waals surface area contributed by atoms with Crippen molar-refractivity contribution in [2.24, 2.45) is 5.84 Å². The molecular weight excluding hydrogens is 352 g/mol. The Morgan fingerprint density at radius 2 is 2.15 bits per heavy atom. The molecule has 26 heavy (non-hydrogen) atoms. The molecule has 1 aromatic carbocycles. The fourth-order valence-electron chi connectivity index (χ4n) is 2.77. The predicted octanol–water partition coefficient (Wildman–Crippen LogP) is 2.09. The Labute approximate surface area is 155 Å². The number of aryl methyl sites for hydroxylation is 2. The van der Waals surface area contributed by atoms with Gasteiger partial charge in [-0.1, -0.05) is 30.0 Å². The van der Waals surface area contributed by atoms with Crippen LogP contribution in [0.25, 0.3) is 5.65 Å². The number of aromatic nitrogens is 4. The van der Waals surface area contributed by atoms with Gasteiger partial charge in [0, 0.05) is 0 Å². The summed E-state index contributed by atoms with van der Waals surface area (Å²) >= 11 is 1.44. The molecule has 8 nitrogen and oxygen atoms in total. The number of carbonyl (C=O) groups excluding carboxylic acids is 1. The van der Waals surface area contributed by atoms with E-state index in [4.69, 9.17) is 10.6 Å². The van der Waals surface area contributed by atoms with Gasteiger partial charge < -0.3 is 10.2 Å². The molecule has 0 aliphatic carbocycles. The number of nitrogens with zero attached hydrogens (tertiary/aromatic N) is 4. The molecular formula is C17H20N6O2S. The number of nitrogen functional groups attached to an aromatic ring is 1. The number of ether oxygens (including phenoxy) is 1. The van der Waals surface area contributed by atoms with Gasteiger partial charge in [-0.2, -0.15) is 4.98 Å². The molecule has 0 spiro atoms. The first-order chi connectivity index (χ1) is 12.7. The van der Waals surface area contributed by atoms with E-state index in [1.165, 1.54) is 18.9 Å². The van der Waals surface area contributed by atoms with Crippen LogP contribution in [0.2, 0.25) is 0 Å². The molecule has 0 atom stereocenters. The summed E-state index contributed by atoms with van der Waals surface area (Å²) in [6.07, 6.45) is 6.03. The number of hydrogen-bond acceptors (Lipinski definition) is 8. The molecule has 2 heterocycles. The zero-order valence-corrected chi connectivity index (χ0v) is 15.4. The summed E-state index contributed by atoms with van der Waals surface area (Å²) in [5, 5.41) is 5.10. The number of nitrogens with two attached hydrogens (primary N) is 1. The van der Waals surface area contributed by atoms with Gasteiger partial charge in [-0.15, -0.1) is 5.10 Å². The van der Waals surface area contributed by atoms with Gasteiger partial charge in [0.25, 0.3) is 0 Å². The standard InChI is InChI=1S/C17H20N6O2S/c1-25-16(24)13-9-4-3-6-11(13)7-5-8-12-10-19-15-14(21-18)20-17(26-2)22-23(12)15/h3-4,6,9-10H,5,7-8,18H2,1-2H3,(H,20,21,22). The van der Waals surface area contributed by atoms with Crippen LogP contribution in [-0.2, 0) is 17.6 Å². The molecule has 3 rings (SSSR count).